The number of aliphatic hydroxyl groups is 1. The third-order valence-electron chi connectivity index (χ3n) is 7.58. The molecule has 1 heterocycles. The van der Waals surface area contributed by atoms with Gasteiger partial charge in [-0.3, -0.25) is 9.79 Å². The summed E-state index contributed by atoms with van der Waals surface area (Å²) in [4.78, 5) is 15.7. The zero-order chi connectivity index (χ0) is 32.6. The summed E-state index contributed by atoms with van der Waals surface area (Å²) < 4.78 is 23.8. The number of carbonyl (C=O) groups is 1. The Balaban J connectivity index is 1.38. The van der Waals surface area contributed by atoms with Gasteiger partial charge in [0, 0.05) is 17.8 Å². The summed E-state index contributed by atoms with van der Waals surface area (Å²) in [6.45, 7) is 4.93. The van der Waals surface area contributed by atoms with E-state index in [0.29, 0.717) is 40.9 Å². The van der Waals surface area contributed by atoms with Gasteiger partial charge in [0.25, 0.3) is 0 Å². The molecule has 0 amide bonds. The third kappa shape index (κ3) is 7.78. The zero-order valence-corrected chi connectivity index (χ0v) is 26.2. The smallest absolute Gasteiger partial charge is 0.314 e. The molecule has 1 aliphatic heterocycles. The number of carboxylic acid groups (broad SMARTS) is 1. The topological polar surface area (TPSA) is 131 Å². The molecule has 10 heteroatoms. The highest BCUT2D eigenvalue weighted by atomic mass is 35.5. The van der Waals surface area contributed by atoms with Crippen LogP contribution < -0.4 is 18.9 Å². The van der Waals surface area contributed by atoms with E-state index < -0.39 is 18.0 Å². The number of fused-ring (bicyclic) bond motifs is 1. The van der Waals surface area contributed by atoms with Crippen LogP contribution in [-0.2, 0) is 24.6 Å². The fourth-order valence-electron chi connectivity index (χ4n) is 5.01. The molecule has 0 saturated heterocycles. The third-order valence-corrected chi connectivity index (χ3v) is 7.88. The molecular formula is C36H33ClN2O7. The highest BCUT2D eigenvalue weighted by molar-refractivity contribution is 6.32. The Morgan fingerprint density at radius 3 is 2.52 bits per heavy atom. The van der Waals surface area contributed by atoms with Gasteiger partial charge in [0.15, 0.2) is 11.5 Å². The largest absolute Gasteiger partial charge is 0.488 e. The van der Waals surface area contributed by atoms with Crippen molar-refractivity contribution < 1.29 is 34.0 Å². The van der Waals surface area contributed by atoms with E-state index in [2.05, 4.69) is 11.1 Å². The van der Waals surface area contributed by atoms with E-state index >= 15 is 0 Å². The molecule has 4 aromatic carbocycles. The Kier molecular flexibility index (Phi) is 10.4. The SMILES string of the molecule is Cc1c(COc2cc(OCc3cccc(C#N)c3)c(CN=CC(C(=O)O)[C@H](C)O)cc2Cl)cccc1-c1ccc2c(c1)OCCO2. The number of aliphatic carboxylic acids is 1. The number of nitriles is 1. The number of aliphatic hydroxyl groups excluding tert-OH is 1. The molecule has 2 N–H and O–H groups in total. The standard InChI is InChI=1S/C36H33ClN2O7/c1-22-27(7-4-8-29(22)26-9-10-32-35(15-26)44-12-11-43-32)21-46-34-16-33(45-20-25-6-3-5-24(13-25)17-38)28(14-31(34)37)18-39-19-30(23(2)40)36(41)42/h3-10,13-16,19,23,30,40H,11-12,18,20-21H2,1-2H3,(H,41,42)/t23-,30?/m0/s1. The van der Waals surface area contributed by atoms with Crippen molar-refractivity contribution in [2.75, 3.05) is 13.2 Å². The fourth-order valence-corrected chi connectivity index (χ4v) is 5.26. The normalized spacial score (nSPS) is 13.5. The highest BCUT2D eigenvalue weighted by Crippen LogP contribution is 2.37. The minimum atomic E-state index is -1.18. The van der Waals surface area contributed by atoms with Gasteiger partial charge in [0.2, 0.25) is 0 Å². The first-order valence-electron chi connectivity index (χ1n) is 14.7. The monoisotopic (exact) mass is 640 g/mol. The van der Waals surface area contributed by atoms with Crippen molar-refractivity contribution in [1.82, 2.24) is 0 Å². The van der Waals surface area contributed by atoms with Gasteiger partial charge in [-0.25, -0.2) is 0 Å². The predicted molar refractivity (Wildman–Crippen MR) is 174 cm³/mol. The number of halogens is 1. The van der Waals surface area contributed by atoms with E-state index in [0.717, 1.165) is 39.3 Å². The lowest BCUT2D eigenvalue weighted by atomic mass is 9.96. The Bertz CT molecular complexity index is 1800. The molecule has 4 aromatic rings. The molecule has 0 aromatic heterocycles. The number of hydrogen-bond donors (Lipinski definition) is 2. The Labute approximate surface area is 272 Å². The summed E-state index contributed by atoms with van der Waals surface area (Å²) in [5.74, 6) is -0.0510. The fraction of sp³-hybridized carbons (Fsp3) is 0.250. The lowest BCUT2D eigenvalue weighted by Gasteiger charge is -2.20. The minimum Gasteiger partial charge on any atom is -0.488 e. The Morgan fingerprint density at radius 2 is 1.76 bits per heavy atom. The zero-order valence-electron chi connectivity index (χ0n) is 25.4. The summed E-state index contributed by atoms with van der Waals surface area (Å²) in [7, 11) is 0. The number of ether oxygens (including phenoxy) is 4. The second kappa shape index (κ2) is 14.8. The summed E-state index contributed by atoms with van der Waals surface area (Å²) in [5.41, 5.74) is 5.94. The summed E-state index contributed by atoms with van der Waals surface area (Å²) in [5, 5.41) is 28.8. The quantitative estimate of drug-likeness (QED) is 0.162. The Hall–Kier alpha value is -5.04. The maximum Gasteiger partial charge on any atom is 0.314 e. The molecule has 0 bridgehead atoms. The van der Waals surface area contributed by atoms with Gasteiger partial charge in [0.05, 0.1) is 29.3 Å². The lowest BCUT2D eigenvalue weighted by molar-refractivity contribution is -0.141. The van der Waals surface area contributed by atoms with E-state index in [-0.39, 0.29) is 19.8 Å². The number of nitrogens with zero attached hydrogens (tertiary/aromatic N) is 2. The molecule has 5 rings (SSSR count). The lowest BCUT2D eigenvalue weighted by Crippen LogP contribution is -2.26. The van der Waals surface area contributed by atoms with E-state index in [1.165, 1.54) is 13.1 Å². The van der Waals surface area contributed by atoms with E-state index in [1.54, 1.807) is 30.3 Å². The average molecular weight is 641 g/mol. The van der Waals surface area contributed by atoms with Crippen molar-refractivity contribution in [2.24, 2.45) is 10.9 Å². The van der Waals surface area contributed by atoms with Crippen molar-refractivity contribution in [2.45, 2.75) is 39.7 Å². The number of hydrogen-bond acceptors (Lipinski definition) is 8. The van der Waals surface area contributed by atoms with Crippen LogP contribution in [0.4, 0.5) is 0 Å². The molecule has 0 fully saturated rings. The molecule has 236 valence electrons. The molecule has 0 saturated carbocycles. The first-order chi connectivity index (χ1) is 22.2. The molecule has 1 aliphatic rings. The first-order valence-corrected chi connectivity index (χ1v) is 15.1. The van der Waals surface area contributed by atoms with Crippen LogP contribution in [0.25, 0.3) is 11.1 Å². The molecule has 1 unspecified atom stereocenters. The van der Waals surface area contributed by atoms with Gasteiger partial charge >= 0.3 is 5.97 Å². The van der Waals surface area contributed by atoms with Gasteiger partial charge in [-0.2, -0.15) is 5.26 Å². The van der Waals surface area contributed by atoms with Crippen LogP contribution in [0, 0.1) is 24.2 Å². The number of aliphatic imine (C=N–C) groups is 1. The van der Waals surface area contributed by atoms with Gasteiger partial charge in [-0.05, 0) is 72.0 Å². The maximum absolute atomic E-state index is 11.5. The molecular weight excluding hydrogens is 608 g/mol. The maximum atomic E-state index is 11.5. The van der Waals surface area contributed by atoms with Gasteiger partial charge < -0.3 is 29.2 Å². The summed E-state index contributed by atoms with van der Waals surface area (Å²) in [6.07, 6.45) is 0.100. The van der Waals surface area contributed by atoms with Gasteiger partial charge in [-0.1, -0.05) is 48.0 Å². The van der Waals surface area contributed by atoms with E-state index in [1.807, 2.05) is 49.4 Å². The van der Waals surface area contributed by atoms with Crippen molar-refractivity contribution in [3.05, 3.63) is 106 Å². The number of carboxylic acids is 1. The minimum absolute atomic E-state index is 0.0563. The summed E-state index contributed by atoms with van der Waals surface area (Å²) >= 11 is 6.67. The highest BCUT2D eigenvalue weighted by Gasteiger charge is 2.21. The molecule has 2 atom stereocenters. The van der Waals surface area contributed by atoms with Crippen LogP contribution in [0.2, 0.25) is 5.02 Å². The van der Waals surface area contributed by atoms with Crippen LogP contribution in [-0.4, -0.2) is 41.7 Å². The number of benzene rings is 4. The Morgan fingerprint density at radius 1 is 1.00 bits per heavy atom. The average Bonchev–Trinajstić information content (AvgIpc) is 3.05. The van der Waals surface area contributed by atoms with Crippen LogP contribution in [0.5, 0.6) is 23.0 Å². The first kappa shape index (κ1) is 32.4. The molecule has 0 aliphatic carbocycles. The molecule has 0 radical (unpaired) electrons. The molecule has 9 nitrogen and oxygen atoms in total. The second-order valence-electron chi connectivity index (χ2n) is 10.8. The molecule has 0 spiro atoms. The van der Waals surface area contributed by atoms with Crippen LogP contribution in [0.15, 0.2) is 77.8 Å². The van der Waals surface area contributed by atoms with E-state index in [4.69, 9.17) is 30.5 Å². The van der Waals surface area contributed by atoms with Crippen molar-refractivity contribution >= 4 is 23.8 Å². The summed E-state index contributed by atoms with van der Waals surface area (Å²) in [6, 6.07) is 24.5. The van der Waals surface area contributed by atoms with Crippen LogP contribution >= 0.6 is 11.6 Å². The van der Waals surface area contributed by atoms with Crippen LogP contribution in [0.3, 0.4) is 0 Å². The van der Waals surface area contributed by atoms with E-state index in [9.17, 15) is 20.3 Å². The van der Waals surface area contributed by atoms with Crippen molar-refractivity contribution in [3.8, 4) is 40.2 Å². The van der Waals surface area contributed by atoms with Crippen molar-refractivity contribution in [3.63, 3.8) is 0 Å². The number of rotatable bonds is 12. The van der Waals surface area contributed by atoms with Gasteiger partial charge in [-0.15, -0.1) is 0 Å². The van der Waals surface area contributed by atoms with Crippen LogP contribution in [0.1, 0.15) is 34.7 Å². The second-order valence-corrected chi connectivity index (χ2v) is 11.2. The van der Waals surface area contributed by atoms with Gasteiger partial charge in [0.1, 0.15) is 43.8 Å². The molecule has 46 heavy (non-hydrogen) atoms. The van der Waals surface area contributed by atoms with Crippen molar-refractivity contribution in [1.29, 1.82) is 5.26 Å². The predicted octanol–water partition coefficient (Wildman–Crippen LogP) is 6.77.